The smallest absolute Gasteiger partial charge is 0.244 e. The second-order valence-corrected chi connectivity index (χ2v) is 13.0. The topological polar surface area (TPSA) is 66.0 Å². The third-order valence-corrected chi connectivity index (χ3v) is 9.28. The molecule has 0 bridgehead atoms. The minimum atomic E-state index is -3.49. The van der Waals surface area contributed by atoms with Crippen molar-refractivity contribution in [1.82, 2.24) is 14.2 Å². The number of sulfonamides is 1. The number of hydrogen-bond donors (Lipinski definition) is 0. The van der Waals surface area contributed by atoms with E-state index in [-0.39, 0.29) is 5.41 Å². The Morgan fingerprint density at radius 1 is 1.03 bits per heavy atom. The molecule has 0 radical (unpaired) electrons. The molecule has 0 atom stereocenters. The first kappa shape index (κ1) is 23.9. The van der Waals surface area contributed by atoms with E-state index in [1.54, 1.807) is 10.4 Å². The van der Waals surface area contributed by atoms with Gasteiger partial charge in [-0.05, 0) is 68.2 Å². The molecule has 3 aliphatic heterocycles. The lowest BCUT2D eigenvalue weighted by Gasteiger charge is -2.47. The molecule has 1 aromatic rings. The number of ether oxygens (including phenoxy) is 1. The molecule has 0 unspecified atom stereocenters. The molecule has 0 aromatic carbocycles. The summed E-state index contributed by atoms with van der Waals surface area (Å²) in [4.78, 5) is 9.52. The number of pyridine rings is 1. The zero-order valence-electron chi connectivity index (χ0n) is 20.1. The van der Waals surface area contributed by atoms with Gasteiger partial charge in [0.25, 0.3) is 0 Å². The predicted octanol–water partition coefficient (Wildman–Crippen LogP) is 3.22. The molecule has 8 heteroatoms. The summed E-state index contributed by atoms with van der Waals surface area (Å²) in [6, 6.07) is 3.55. The number of aromatic nitrogens is 1. The van der Waals surface area contributed by atoms with Crippen LogP contribution in [0.1, 0.15) is 52.9 Å². The van der Waals surface area contributed by atoms with Crippen molar-refractivity contribution in [3.63, 3.8) is 0 Å². The normalized spacial score (nSPS) is 23.5. The molecule has 180 valence electrons. The van der Waals surface area contributed by atoms with Crippen molar-refractivity contribution in [3.8, 4) is 0 Å². The monoisotopic (exact) mass is 464 g/mol. The maximum atomic E-state index is 13.3. The van der Waals surface area contributed by atoms with Gasteiger partial charge in [-0.25, -0.2) is 13.4 Å². The number of likely N-dealkylation sites (tertiary alicyclic amines) is 1. The third-order valence-electron chi connectivity index (χ3n) is 7.40. The summed E-state index contributed by atoms with van der Waals surface area (Å²) < 4.78 is 33.6. The lowest BCUT2D eigenvalue weighted by atomic mass is 9.73. The summed E-state index contributed by atoms with van der Waals surface area (Å²) in [5.41, 5.74) is 0.633. The molecule has 0 saturated carbocycles. The van der Waals surface area contributed by atoms with E-state index in [2.05, 4.69) is 35.6 Å². The summed E-state index contributed by atoms with van der Waals surface area (Å²) in [6.07, 6.45) is 7.10. The molecule has 0 N–H and O–H groups in total. The quantitative estimate of drug-likeness (QED) is 0.667. The standard InChI is InChI=1S/C24H40N4O3S/c1-23(2,3)8-12-26-11-4-7-24(20-26)9-13-28(14-10-24)32(29,30)21-5-6-22(25-19-21)27-15-17-31-18-16-27/h5-6,19H,4,7-18,20H2,1-3H3. The summed E-state index contributed by atoms with van der Waals surface area (Å²) in [6.45, 7) is 14.5. The van der Waals surface area contributed by atoms with E-state index in [0.29, 0.717) is 36.6 Å². The van der Waals surface area contributed by atoms with Crippen molar-refractivity contribution in [2.75, 3.05) is 63.9 Å². The third kappa shape index (κ3) is 5.64. The highest BCUT2D eigenvalue weighted by Gasteiger charge is 2.41. The Morgan fingerprint density at radius 2 is 1.75 bits per heavy atom. The fourth-order valence-electron chi connectivity index (χ4n) is 5.26. The van der Waals surface area contributed by atoms with E-state index in [4.69, 9.17) is 4.74 Å². The predicted molar refractivity (Wildman–Crippen MR) is 127 cm³/mol. The minimum Gasteiger partial charge on any atom is -0.378 e. The van der Waals surface area contributed by atoms with Crippen LogP contribution >= 0.6 is 0 Å². The van der Waals surface area contributed by atoms with Crippen molar-refractivity contribution in [2.24, 2.45) is 10.8 Å². The van der Waals surface area contributed by atoms with Gasteiger partial charge in [0.15, 0.2) is 0 Å². The van der Waals surface area contributed by atoms with E-state index in [1.165, 1.54) is 32.0 Å². The van der Waals surface area contributed by atoms with Crippen LogP contribution < -0.4 is 4.90 Å². The van der Waals surface area contributed by atoms with Crippen LogP contribution in [0.2, 0.25) is 0 Å². The van der Waals surface area contributed by atoms with Gasteiger partial charge in [0.2, 0.25) is 10.0 Å². The Kier molecular flexibility index (Phi) is 7.15. The van der Waals surface area contributed by atoms with E-state index in [1.807, 2.05) is 6.07 Å². The number of hydrogen-bond acceptors (Lipinski definition) is 6. The zero-order valence-corrected chi connectivity index (χ0v) is 20.9. The Hall–Kier alpha value is -1.22. The van der Waals surface area contributed by atoms with E-state index in [0.717, 1.165) is 44.8 Å². The average molecular weight is 465 g/mol. The van der Waals surface area contributed by atoms with Crippen LogP contribution in [-0.4, -0.2) is 81.6 Å². The molecule has 4 heterocycles. The molecule has 0 amide bonds. The molecule has 3 fully saturated rings. The van der Waals surface area contributed by atoms with Gasteiger partial charge in [0, 0.05) is 38.9 Å². The van der Waals surface area contributed by atoms with Crippen LogP contribution in [0.15, 0.2) is 23.2 Å². The number of morpholine rings is 1. The molecule has 1 aromatic heterocycles. The average Bonchev–Trinajstić information content (AvgIpc) is 2.78. The molecule has 3 saturated heterocycles. The largest absolute Gasteiger partial charge is 0.378 e. The minimum absolute atomic E-state index is 0.278. The Morgan fingerprint density at radius 3 is 2.38 bits per heavy atom. The van der Waals surface area contributed by atoms with Gasteiger partial charge in [-0.15, -0.1) is 0 Å². The molecule has 7 nitrogen and oxygen atoms in total. The highest BCUT2D eigenvalue weighted by molar-refractivity contribution is 7.89. The van der Waals surface area contributed by atoms with Gasteiger partial charge in [-0.2, -0.15) is 4.31 Å². The van der Waals surface area contributed by atoms with Crippen LogP contribution in [0, 0.1) is 10.8 Å². The van der Waals surface area contributed by atoms with E-state index in [9.17, 15) is 8.42 Å². The van der Waals surface area contributed by atoms with E-state index < -0.39 is 10.0 Å². The number of piperidine rings is 2. The second kappa shape index (κ2) is 9.57. The highest BCUT2D eigenvalue weighted by Crippen LogP contribution is 2.41. The van der Waals surface area contributed by atoms with Gasteiger partial charge < -0.3 is 14.5 Å². The maximum Gasteiger partial charge on any atom is 0.244 e. The molecular formula is C24H40N4O3S. The van der Waals surface area contributed by atoms with Crippen molar-refractivity contribution >= 4 is 15.8 Å². The zero-order chi connectivity index (χ0) is 22.8. The SMILES string of the molecule is CC(C)(C)CCN1CCCC2(CCN(S(=O)(=O)c3ccc(N4CCOCC4)nc3)CC2)C1. The van der Waals surface area contributed by atoms with Crippen molar-refractivity contribution in [3.05, 3.63) is 18.3 Å². The lowest BCUT2D eigenvalue weighted by Crippen LogP contribution is -2.51. The second-order valence-electron chi connectivity index (χ2n) is 11.0. The fraction of sp³-hybridized carbons (Fsp3) is 0.792. The van der Waals surface area contributed by atoms with Crippen LogP contribution in [0.25, 0.3) is 0 Å². The summed E-state index contributed by atoms with van der Waals surface area (Å²) >= 11 is 0. The number of nitrogens with zero attached hydrogens (tertiary/aromatic N) is 4. The summed E-state index contributed by atoms with van der Waals surface area (Å²) in [5, 5.41) is 0. The van der Waals surface area contributed by atoms with Crippen LogP contribution in [0.3, 0.4) is 0 Å². The Labute approximate surface area is 194 Å². The van der Waals surface area contributed by atoms with Gasteiger partial charge in [0.05, 0.1) is 13.2 Å². The van der Waals surface area contributed by atoms with Gasteiger partial charge in [0.1, 0.15) is 10.7 Å². The van der Waals surface area contributed by atoms with Gasteiger partial charge >= 0.3 is 0 Å². The first-order chi connectivity index (χ1) is 15.2. The van der Waals surface area contributed by atoms with Crippen LogP contribution in [0.4, 0.5) is 5.82 Å². The molecular weight excluding hydrogens is 424 g/mol. The highest BCUT2D eigenvalue weighted by atomic mass is 32.2. The number of rotatable bonds is 5. The van der Waals surface area contributed by atoms with Crippen LogP contribution in [0.5, 0.6) is 0 Å². The fourth-order valence-corrected chi connectivity index (χ4v) is 6.64. The Bertz CT molecular complexity index is 852. The van der Waals surface area contributed by atoms with Crippen molar-refractivity contribution in [2.45, 2.75) is 57.8 Å². The summed E-state index contributed by atoms with van der Waals surface area (Å²) in [7, 11) is -3.49. The van der Waals surface area contributed by atoms with Gasteiger partial charge in [-0.1, -0.05) is 20.8 Å². The molecule has 0 aliphatic carbocycles. The Balaban J connectivity index is 1.35. The first-order valence-electron chi connectivity index (χ1n) is 12.2. The van der Waals surface area contributed by atoms with Crippen molar-refractivity contribution in [1.29, 1.82) is 0 Å². The maximum absolute atomic E-state index is 13.3. The summed E-state index contributed by atoms with van der Waals surface area (Å²) in [5.74, 6) is 0.822. The van der Waals surface area contributed by atoms with Gasteiger partial charge in [-0.3, -0.25) is 0 Å². The lowest BCUT2D eigenvalue weighted by molar-refractivity contribution is 0.0383. The molecule has 32 heavy (non-hydrogen) atoms. The first-order valence-corrected chi connectivity index (χ1v) is 13.6. The molecule has 4 rings (SSSR count). The van der Waals surface area contributed by atoms with E-state index >= 15 is 0 Å². The van der Waals surface area contributed by atoms with Crippen molar-refractivity contribution < 1.29 is 13.2 Å². The molecule has 3 aliphatic rings. The van der Waals surface area contributed by atoms with Crippen LogP contribution in [-0.2, 0) is 14.8 Å². The molecule has 1 spiro atoms. The number of anilines is 1.